The first-order valence-corrected chi connectivity index (χ1v) is 8.14. The van der Waals surface area contributed by atoms with Gasteiger partial charge in [-0.15, -0.1) is 0 Å². The Balaban J connectivity index is 5.17. The summed E-state index contributed by atoms with van der Waals surface area (Å²) in [6, 6.07) is 0. The van der Waals surface area contributed by atoms with Crippen LogP contribution in [0.3, 0.4) is 0 Å². The highest BCUT2D eigenvalue weighted by atomic mass is 16.3. The second-order valence-electron chi connectivity index (χ2n) is 5.86. The first-order chi connectivity index (χ1) is 9.56. The standard InChI is InChI=1S/C16H34O4/c1-4-7-12(13(8-5-2)15(19)10-17)14(9-6-3)16(20)11-18/h12-20H,4-11H2,1-3H3. The van der Waals surface area contributed by atoms with E-state index in [0.29, 0.717) is 0 Å². The summed E-state index contributed by atoms with van der Waals surface area (Å²) in [5.74, 6) is 0.120. The molecular weight excluding hydrogens is 256 g/mol. The van der Waals surface area contributed by atoms with E-state index in [1.165, 1.54) is 0 Å². The zero-order chi connectivity index (χ0) is 15.5. The Labute approximate surface area is 123 Å². The number of aliphatic hydroxyl groups is 4. The van der Waals surface area contributed by atoms with Gasteiger partial charge in [0.25, 0.3) is 0 Å². The zero-order valence-electron chi connectivity index (χ0n) is 13.3. The van der Waals surface area contributed by atoms with Crippen LogP contribution in [-0.4, -0.2) is 45.8 Å². The van der Waals surface area contributed by atoms with Gasteiger partial charge >= 0.3 is 0 Å². The van der Waals surface area contributed by atoms with Gasteiger partial charge in [-0.05, 0) is 37.0 Å². The van der Waals surface area contributed by atoms with E-state index in [1.54, 1.807) is 0 Å². The van der Waals surface area contributed by atoms with Crippen LogP contribution in [0.15, 0.2) is 0 Å². The van der Waals surface area contributed by atoms with Crippen molar-refractivity contribution in [2.24, 2.45) is 17.8 Å². The van der Waals surface area contributed by atoms with Gasteiger partial charge in [0.2, 0.25) is 0 Å². The summed E-state index contributed by atoms with van der Waals surface area (Å²) in [7, 11) is 0. The fourth-order valence-electron chi connectivity index (χ4n) is 3.40. The van der Waals surface area contributed by atoms with Gasteiger partial charge in [-0.3, -0.25) is 0 Å². The van der Waals surface area contributed by atoms with Crippen molar-refractivity contribution in [2.45, 2.75) is 71.5 Å². The number of hydrogen-bond acceptors (Lipinski definition) is 4. The van der Waals surface area contributed by atoms with Crippen LogP contribution in [0, 0.1) is 17.8 Å². The highest BCUT2D eigenvalue weighted by molar-refractivity contribution is 4.84. The molecule has 0 radical (unpaired) electrons. The zero-order valence-corrected chi connectivity index (χ0v) is 13.3. The molecule has 0 saturated carbocycles. The molecule has 20 heavy (non-hydrogen) atoms. The van der Waals surface area contributed by atoms with Crippen LogP contribution in [0.25, 0.3) is 0 Å². The number of hydrogen-bond donors (Lipinski definition) is 4. The van der Waals surface area contributed by atoms with Crippen molar-refractivity contribution < 1.29 is 20.4 Å². The van der Waals surface area contributed by atoms with E-state index in [9.17, 15) is 20.4 Å². The minimum Gasteiger partial charge on any atom is -0.394 e. The lowest BCUT2D eigenvalue weighted by molar-refractivity contribution is -0.0410. The average molecular weight is 290 g/mol. The molecule has 0 bridgehead atoms. The van der Waals surface area contributed by atoms with Crippen molar-refractivity contribution in [1.29, 1.82) is 0 Å². The molecule has 0 amide bonds. The Hall–Kier alpha value is -0.160. The van der Waals surface area contributed by atoms with E-state index in [1.807, 2.05) is 0 Å². The van der Waals surface area contributed by atoms with Crippen LogP contribution in [0.1, 0.15) is 59.3 Å². The summed E-state index contributed by atoms with van der Waals surface area (Å²) in [5, 5.41) is 38.8. The van der Waals surface area contributed by atoms with Gasteiger partial charge in [-0.2, -0.15) is 0 Å². The minimum atomic E-state index is -0.739. The molecule has 0 aromatic heterocycles. The van der Waals surface area contributed by atoms with E-state index in [2.05, 4.69) is 20.8 Å². The van der Waals surface area contributed by atoms with Crippen molar-refractivity contribution in [3.63, 3.8) is 0 Å². The van der Waals surface area contributed by atoms with Gasteiger partial charge in [0.05, 0.1) is 25.4 Å². The van der Waals surface area contributed by atoms with Gasteiger partial charge in [0.1, 0.15) is 0 Å². The Morgan fingerprint density at radius 1 is 0.600 bits per heavy atom. The molecule has 0 rings (SSSR count). The Morgan fingerprint density at radius 2 is 0.900 bits per heavy atom. The Morgan fingerprint density at radius 3 is 1.15 bits per heavy atom. The molecule has 4 heteroatoms. The fraction of sp³-hybridized carbons (Fsp3) is 1.00. The smallest absolute Gasteiger partial charge is 0.0801 e. The maximum atomic E-state index is 10.1. The largest absolute Gasteiger partial charge is 0.394 e. The van der Waals surface area contributed by atoms with E-state index >= 15 is 0 Å². The van der Waals surface area contributed by atoms with Crippen molar-refractivity contribution >= 4 is 0 Å². The summed E-state index contributed by atoms with van der Waals surface area (Å²) in [4.78, 5) is 0. The summed E-state index contributed by atoms with van der Waals surface area (Å²) in [6.07, 6.45) is 3.96. The van der Waals surface area contributed by atoms with Gasteiger partial charge in [-0.1, -0.05) is 40.0 Å². The third-order valence-electron chi connectivity index (χ3n) is 4.33. The monoisotopic (exact) mass is 290 g/mol. The third kappa shape index (κ3) is 6.08. The second kappa shape index (κ2) is 11.5. The van der Waals surface area contributed by atoms with E-state index in [-0.39, 0.29) is 31.0 Å². The second-order valence-corrected chi connectivity index (χ2v) is 5.86. The molecule has 0 saturated heterocycles. The lowest BCUT2D eigenvalue weighted by Gasteiger charge is -2.38. The number of aliphatic hydroxyl groups excluding tert-OH is 4. The lowest BCUT2D eigenvalue weighted by atomic mass is 9.71. The van der Waals surface area contributed by atoms with Crippen molar-refractivity contribution in [2.75, 3.05) is 13.2 Å². The van der Waals surface area contributed by atoms with E-state index in [0.717, 1.165) is 38.5 Å². The predicted octanol–water partition coefficient (Wildman–Crippen LogP) is 1.94. The van der Waals surface area contributed by atoms with Gasteiger partial charge < -0.3 is 20.4 Å². The minimum absolute atomic E-state index is 0.0114. The number of rotatable bonds is 12. The molecule has 4 unspecified atom stereocenters. The Bertz CT molecular complexity index is 203. The SMILES string of the molecule is CCCC(C(O)CO)C(CCC)C(CCC)C(O)CO. The molecule has 4 atom stereocenters. The Kier molecular flexibility index (Phi) is 11.4. The predicted molar refractivity (Wildman–Crippen MR) is 81.4 cm³/mol. The molecule has 0 fully saturated rings. The molecule has 0 aliphatic rings. The molecule has 0 aromatic rings. The highest BCUT2D eigenvalue weighted by Crippen LogP contribution is 2.36. The van der Waals surface area contributed by atoms with Crippen LogP contribution in [0.4, 0.5) is 0 Å². The van der Waals surface area contributed by atoms with Crippen molar-refractivity contribution in [1.82, 2.24) is 0 Å². The molecule has 0 spiro atoms. The molecule has 122 valence electrons. The van der Waals surface area contributed by atoms with Crippen LogP contribution in [-0.2, 0) is 0 Å². The fourth-order valence-corrected chi connectivity index (χ4v) is 3.40. The summed E-state index contributed by atoms with van der Waals surface area (Å²) < 4.78 is 0. The highest BCUT2D eigenvalue weighted by Gasteiger charge is 2.35. The summed E-state index contributed by atoms with van der Waals surface area (Å²) in [5.41, 5.74) is 0. The van der Waals surface area contributed by atoms with Gasteiger partial charge in [0.15, 0.2) is 0 Å². The van der Waals surface area contributed by atoms with Crippen LogP contribution in [0.2, 0.25) is 0 Å². The van der Waals surface area contributed by atoms with Gasteiger partial charge in [-0.25, -0.2) is 0 Å². The third-order valence-corrected chi connectivity index (χ3v) is 4.33. The molecular formula is C16H34O4. The van der Waals surface area contributed by atoms with Crippen LogP contribution < -0.4 is 0 Å². The summed E-state index contributed by atoms with van der Waals surface area (Å²) in [6.45, 7) is 5.75. The lowest BCUT2D eigenvalue weighted by Crippen LogP contribution is -2.40. The topological polar surface area (TPSA) is 80.9 Å². The first kappa shape index (κ1) is 19.8. The molecule has 0 aliphatic heterocycles. The molecule has 0 aromatic carbocycles. The normalized spacial score (nSPS) is 19.4. The quantitative estimate of drug-likeness (QED) is 0.443. The van der Waals surface area contributed by atoms with Gasteiger partial charge in [0, 0.05) is 0 Å². The molecule has 4 N–H and O–H groups in total. The van der Waals surface area contributed by atoms with Crippen molar-refractivity contribution in [3.05, 3.63) is 0 Å². The van der Waals surface area contributed by atoms with E-state index < -0.39 is 12.2 Å². The van der Waals surface area contributed by atoms with Crippen molar-refractivity contribution in [3.8, 4) is 0 Å². The maximum absolute atomic E-state index is 10.1. The van der Waals surface area contributed by atoms with E-state index in [4.69, 9.17) is 0 Å². The van der Waals surface area contributed by atoms with Crippen LogP contribution >= 0.6 is 0 Å². The molecule has 4 nitrogen and oxygen atoms in total. The average Bonchev–Trinajstić information content (AvgIpc) is 2.47. The maximum Gasteiger partial charge on any atom is 0.0801 e. The first-order valence-electron chi connectivity index (χ1n) is 8.14. The molecule has 0 heterocycles. The molecule has 0 aliphatic carbocycles. The summed E-state index contributed by atoms with van der Waals surface area (Å²) >= 11 is 0. The van der Waals surface area contributed by atoms with Crippen LogP contribution in [0.5, 0.6) is 0 Å².